The molecule has 0 atom stereocenters. The molecule has 13 heteroatoms. The third-order valence-corrected chi connectivity index (χ3v) is 10.3. The van der Waals surface area contributed by atoms with Gasteiger partial charge in [-0.25, -0.2) is 4.79 Å². The van der Waals surface area contributed by atoms with E-state index in [0.29, 0.717) is 71.8 Å². The molecule has 1 aliphatic rings. The number of rotatable bonds is 20. The Kier molecular flexibility index (Phi) is 17.9. The zero-order valence-corrected chi connectivity index (χ0v) is 36.4. The minimum atomic E-state index is -0.585. The lowest BCUT2D eigenvalue weighted by atomic mass is 10.0. The van der Waals surface area contributed by atoms with Crippen LogP contribution in [0.25, 0.3) is 0 Å². The van der Waals surface area contributed by atoms with Gasteiger partial charge in [-0.15, -0.1) is 0 Å². The number of methoxy groups -OCH3 is 1. The Labute approximate surface area is 350 Å². The highest BCUT2D eigenvalue weighted by Crippen LogP contribution is 2.33. The van der Waals surface area contributed by atoms with Crippen LogP contribution in [0.3, 0.4) is 0 Å². The Morgan fingerprint density at radius 1 is 0.831 bits per heavy atom. The fraction of sp³-hybridized carbons (Fsp3) is 0.522. The first-order valence-electron chi connectivity index (χ1n) is 21.0. The molecule has 13 nitrogen and oxygen atoms in total. The summed E-state index contributed by atoms with van der Waals surface area (Å²) in [5, 5.41) is 5.58. The monoisotopic (exact) mass is 815 g/mol. The molecule has 1 aliphatic heterocycles. The first-order chi connectivity index (χ1) is 28.2. The van der Waals surface area contributed by atoms with Crippen LogP contribution < -0.4 is 29.7 Å². The predicted molar refractivity (Wildman–Crippen MR) is 232 cm³/mol. The molecule has 0 bridgehead atoms. The predicted octanol–water partition coefficient (Wildman–Crippen LogP) is 8.10. The molecule has 1 fully saturated rings. The van der Waals surface area contributed by atoms with E-state index in [1.165, 1.54) is 7.11 Å². The van der Waals surface area contributed by atoms with Gasteiger partial charge in [0.05, 0.1) is 37.3 Å². The van der Waals surface area contributed by atoms with Crippen LogP contribution in [-0.2, 0) is 9.53 Å². The summed E-state index contributed by atoms with van der Waals surface area (Å²) < 4.78 is 23.0. The van der Waals surface area contributed by atoms with Crippen molar-refractivity contribution in [2.45, 2.75) is 98.1 Å². The van der Waals surface area contributed by atoms with E-state index in [-0.39, 0.29) is 18.4 Å². The lowest BCUT2D eigenvalue weighted by Crippen LogP contribution is -2.46. The van der Waals surface area contributed by atoms with Gasteiger partial charge in [0.1, 0.15) is 22.8 Å². The number of piperidine rings is 1. The molecule has 0 saturated carbocycles. The number of carbonyl (C=O) groups excluding carboxylic acids is 4. The number of aryl methyl sites for hydroxylation is 1. The van der Waals surface area contributed by atoms with E-state index < -0.39 is 17.6 Å². The molecule has 1 heterocycles. The summed E-state index contributed by atoms with van der Waals surface area (Å²) in [4.78, 5) is 58.1. The lowest BCUT2D eigenvalue weighted by Gasteiger charge is -2.37. The maximum Gasteiger partial charge on any atom is 0.407 e. The van der Waals surface area contributed by atoms with Gasteiger partial charge in [-0.2, -0.15) is 0 Å². The van der Waals surface area contributed by atoms with Crippen molar-refractivity contribution in [3.8, 4) is 17.2 Å². The highest BCUT2D eigenvalue weighted by Gasteiger charge is 2.26. The smallest absolute Gasteiger partial charge is 0.407 e. The highest BCUT2D eigenvalue weighted by atomic mass is 16.6. The van der Waals surface area contributed by atoms with Crippen molar-refractivity contribution in [3.05, 3.63) is 77.4 Å². The summed E-state index contributed by atoms with van der Waals surface area (Å²) in [5.41, 5.74) is 2.10. The Morgan fingerprint density at radius 3 is 2.22 bits per heavy atom. The van der Waals surface area contributed by atoms with Crippen LogP contribution in [0.5, 0.6) is 17.2 Å². The number of anilines is 2. The van der Waals surface area contributed by atoms with Gasteiger partial charge in [-0.3, -0.25) is 14.4 Å². The summed E-state index contributed by atoms with van der Waals surface area (Å²) >= 11 is 0. The number of ether oxygens (including phenoxy) is 4. The van der Waals surface area contributed by atoms with E-state index in [4.69, 9.17) is 18.9 Å². The molecule has 0 aromatic heterocycles. The number of amides is 4. The van der Waals surface area contributed by atoms with Crippen molar-refractivity contribution in [1.82, 2.24) is 15.1 Å². The summed E-state index contributed by atoms with van der Waals surface area (Å²) in [5.74, 6) is 0.844. The van der Waals surface area contributed by atoms with Crippen molar-refractivity contribution in [1.29, 1.82) is 0 Å². The third-order valence-electron chi connectivity index (χ3n) is 10.3. The second kappa shape index (κ2) is 22.7. The minimum absolute atomic E-state index is 0.242. The molecule has 322 valence electrons. The second-order valence-corrected chi connectivity index (χ2v) is 15.8. The quantitative estimate of drug-likeness (QED) is 0.108. The summed E-state index contributed by atoms with van der Waals surface area (Å²) in [6.07, 6.45) is 5.11. The van der Waals surface area contributed by atoms with Gasteiger partial charge in [-0.05, 0) is 127 Å². The van der Waals surface area contributed by atoms with E-state index >= 15 is 0 Å². The molecule has 0 unspecified atom stereocenters. The van der Waals surface area contributed by atoms with E-state index in [1.54, 1.807) is 75.2 Å². The molecule has 3 aromatic rings. The number of hydrogen-bond acceptors (Lipinski definition) is 9. The van der Waals surface area contributed by atoms with E-state index in [1.807, 2.05) is 30.0 Å². The summed E-state index contributed by atoms with van der Waals surface area (Å²) in [7, 11) is 3.17. The van der Waals surface area contributed by atoms with E-state index in [2.05, 4.69) is 29.4 Å². The lowest BCUT2D eigenvalue weighted by molar-refractivity contribution is -0.132. The third kappa shape index (κ3) is 14.2. The topological polar surface area (TPSA) is 139 Å². The second-order valence-electron chi connectivity index (χ2n) is 15.8. The van der Waals surface area contributed by atoms with Crippen molar-refractivity contribution < 1.29 is 38.1 Å². The van der Waals surface area contributed by atoms with Crippen molar-refractivity contribution in [3.63, 3.8) is 0 Å². The van der Waals surface area contributed by atoms with Crippen LogP contribution >= 0.6 is 0 Å². The molecular weight excluding hydrogens is 751 g/mol. The average Bonchev–Trinajstić information content (AvgIpc) is 3.21. The van der Waals surface area contributed by atoms with Gasteiger partial charge >= 0.3 is 6.09 Å². The van der Waals surface area contributed by atoms with Crippen LogP contribution in [-0.4, -0.2) is 105 Å². The van der Waals surface area contributed by atoms with E-state index in [9.17, 15) is 19.2 Å². The molecule has 4 rings (SSSR count). The van der Waals surface area contributed by atoms with Gasteiger partial charge in [-0.1, -0.05) is 32.0 Å². The van der Waals surface area contributed by atoms with Gasteiger partial charge in [0.15, 0.2) is 0 Å². The largest absolute Gasteiger partial charge is 0.495 e. The van der Waals surface area contributed by atoms with Crippen LogP contribution in [0, 0.1) is 6.92 Å². The van der Waals surface area contributed by atoms with Crippen molar-refractivity contribution >= 4 is 35.2 Å². The van der Waals surface area contributed by atoms with Crippen LogP contribution in [0.4, 0.5) is 16.2 Å². The Bertz CT molecular complexity index is 1850. The number of benzene rings is 3. The first kappa shape index (κ1) is 46.4. The molecule has 3 aromatic carbocycles. The standard InChI is InChI=1S/C46H65N5O8/c1-9-50(10-2)35-24-27-51(28-25-35)42(52)19-12-11-15-29-58-41-31-33(3)20-23-38(41)49(7)44(54)34-21-22-37(40(32-34)56-8)48-43(53)36-17-13-14-18-39(36)57-30-16-26-47-45(55)59-46(4,5)6/h13-14,17-18,20-23,31-32,35H,9-12,15-16,19,24-30H2,1-8H3,(H,47,55)(H,48,53). The molecule has 4 amide bonds. The maximum absolute atomic E-state index is 13.8. The van der Waals surface area contributed by atoms with Crippen molar-refractivity contribution in [2.75, 3.05) is 70.3 Å². The Morgan fingerprint density at radius 2 is 1.53 bits per heavy atom. The minimum Gasteiger partial charge on any atom is -0.495 e. The van der Waals surface area contributed by atoms with Crippen LogP contribution in [0.2, 0.25) is 0 Å². The molecule has 0 radical (unpaired) electrons. The van der Waals surface area contributed by atoms with Gasteiger partial charge in [0.25, 0.3) is 11.8 Å². The zero-order chi connectivity index (χ0) is 43.0. The van der Waals surface area contributed by atoms with Gasteiger partial charge in [0.2, 0.25) is 5.91 Å². The molecular formula is C46H65N5O8. The maximum atomic E-state index is 13.8. The molecule has 0 aliphatic carbocycles. The summed E-state index contributed by atoms with van der Waals surface area (Å²) in [6.45, 7) is 16.6. The molecule has 0 spiro atoms. The number of unbranched alkanes of at least 4 members (excludes halogenated alkanes) is 2. The first-order valence-corrected chi connectivity index (χ1v) is 21.0. The SMILES string of the molecule is CCN(CC)C1CCN(C(=O)CCCCCOc2cc(C)ccc2N(C)C(=O)c2ccc(NC(=O)c3ccccc3OCCCNC(=O)OC(C)(C)C)c(OC)c2)CC1. The number of hydrogen-bond donors (Lipinski definition) is 2. The highest BCUT2D eigenvalue weighted by molar-refractivity contribution is 6.09. The molecule has 2 N–H and O–H groups in total. The number of para-hydroxylation sites is 1. The number of likely N-dealkylation sites (tertiary alicyclic amines) is 1. The number of nitrogens with one attached hydrogen (secondary N) is 2. The zero-order valence-electron chi connectivity index (χ0n) is 36.4. The fourth-order valence-corrected chi connectivity index (χ4v) is 7.09. The average molecular weight is 816 g/mol. The Balaban J connectivity index is 1.28. The normalized spacial score (nSPS) is 13.1. The number of nitrogens with zero attached hydrogens (tertiary/aromatic N) is 3. The summed E-state index contributed by atoms with van der Waals surface area (Å²) in [6, 6.07) is 18.0. The van der Waals surface area contributed by atoms with Crippen molar-refractivity contribution in [2.24, 2.45) is 0 Å². The van der Waals surface area contributed by atoms with Crippen LogP contribution in [0.15, 0.2) is 60.7 Å². The fourth-order valence-electron chi connectivity index (χ4n) is 7.09. The number of alkyl carbamates (subject to hydrolysis) is 1. The van der Waals surface area contributed by atoms with Gasteiger partial charge in [0, 0.05) is 44.7 Å². The molecule has 1 saturated heterocycles. The molecule has 59 heavy (non-hydrogen) atoms. The van der Waals surface area contributed by atoms with Crippen LogP contribution in [0.1, 0.15) is 106 Å². The van der Waals surface area contributed by atoms with E-state index in [0.717, 1.165) is 63.8 Å². The van der Waals surface area contributed by atoms with Gasteiger partial charge < -0.3 is 44.3 Å². The number of carbonyl (C=O) groups is 4. The Hall–Kier alpha value is -5.30.